The summed E-state index contributed by atoms with van der Waals surface area (Å²) in [4.78, 5) is 2.15. The van der Waals surface area contributed by atoms with E-state index in [9.17, 15) is 8.78 Å². The molecule has 1 aromatic heterocycles. The summed E-state index contributed by atoms with van der Waals surface area (Å²) in [7, 11) is 0. The number of rotatable bonds is 7. The fourth-order valence-corrected chi connectivity index (χ4v) is 4.16. The zero-order chi connectivity index (χ0) is 20.9. The lowest BCUT2D eigenvalue weighted by Gasteiger charge is -2.28. The quantitative estimate of drug-likeness (QED) is 0.519. The average molecular weight is 432 g/mol. The van der Waals surface area contributed by atoms with Gasteiger partial charge < -0.3 is 14.4 Å². The second kappa shape index (κ2) is 9.44. The minimum absolute atomic E-state index is 0.176. The van der Waals surface area contributed by atoms with Crippen LogP contribution in [-0.4, -0.2) is 47.7 Å². The number of para-hydroxylation sites is 1. The SMILES string of the molecule is Cc1ccc(-n2c(SCc3ccccc3OC(F)F)nnc2N2CCOCC2)cc1. The highest BCUT2D eigenvalue weighted by Gasteiger charge is 2.22. The van der Waals surface area contributed by atoms with Gasteiger partial charge in [-0.25, -0.2) is 0 Å². The summed E-state index contributed by atoms with van der Waals surface area (Å²) < 4.78 is 37.6. The predicted octanol–water partition coefficient (Wildman–Crippen LogP) is 4.31. The van der Waals surface area contributed by atoms with Crippen LogP contribution in [0.2, 0.25) is 0 Å². The highest BCUT2D eigenvalue weighted by atomic mass is 32.2. The number of aromatic nitrogens is 3. The van der Waals surface area contributed by atoms with E-state index in [1.807, 2.05) is 35.8 Å². The highest BCUT2D eigenvalue weighted by Crippen LogP contribution is 2.32. The molecule has 158 valence electrons. The first-order chi connectivity index (χ1) is 14.6. The van der Waals surface area contributed by atoms with Gasteiger partial charge in [-0.05, 0) is 25.1 Å². The van der Waals surface area contributed by atoms with Crippen LogP contribution in [0.15, 0.2) is 53.7 Å². The summed E-state index contributed by atoms with van der Waals surface area (Å²) >= 11 is 1.43. The third-order valence-electron chi connectivity index (χ3n) is 4.75. The number of ether oxygens (including phenoxy) is 2. The lowest BCUT2D eigenvalue weighted by atomic mass is 10.2. The monoisotopic (exact) mass is 432 g/mol. The second-order valence-corrected chi connectivity index (χ2v) is 7.77. The van der Waals surface area contributed by atoms with Crippen LogP contribution < -0.4 is 9.64 Å². The molecule has 1 aliphatic heterocycles. The van der Waals surface area contributed by atoms with Gasteiger partial charge in [0.15, 0.2) is 5.16 Å². The normalized spacial score (nSPS) is 14.3. The molecule has 0 spiro atoms. The van der Waals surface area contributed by atoms with E-state index in [4.69, 9.17) is 4.74 Å². The van der Waals surface area contributed by atoms with E-state index in [0.29, 0.717) is 29.7 Å². The van der Waals surface area contributed by atoms with Crippen molar-refractivity contribution in [1.29, 1.82) is 0 Å². The zero-order valence-corrected chi connectivity index (χ0v) is 17.3. The topological polar surface area (TPSA) is 52.4 Å². The van der Waals surface area contributed by atoms with E-state index in [1.165, 1.54) is 11.8 Å². The van der Waals surface area contributed by atoms with Gasteiger partial charge in [-0.1, -0.05) is 47.7 Å². The molecule has 6 nitrogen and oxygen atoms in total. The first-order valence-corrected chi connectivity index (χ1v) is 10.6. The molecule has 1 aliphatic rings. The third kappa shape index (κ3) is 4.73. The molecule has 4 rings (SSSR count). The van der Waals surface area contributed by atoms with Crippen LogP contribution in [0.3, 0.4) is 0 Å². The molecule has 0 radical (unpaired) electrons. The lowest BCUT2D eigenvalue weighted by Crippen LogP contribution is -2.37. The van der Waals surface area contributed by atoms with Crippen molar-refractivity contribution in [3.8, 4) is 11.4 Å². The fraction of sp³-hybridized carbons (Fsp3) is 0.333. The van der Waals surface area contributed by atoms with Crippen molar-refractivity contribution in [3.05, 3.63) is 59.7 Å². The fourth-order valence-electron chi connectivity index (χ4n) is 3.22. The number of hydrogen-bond donors (Lipinski definition) is 0. The van der Waals surface area contributed by atoms with E-state index in [-0.39, 0.29) is 5.75 Å². The van der Waals surface area contributed by atoms with Gasteiger partial charge in [0.25, 0.3) is 0 Å². The molecule has 30 heavy (non-hydrogen) atoms. The molecule has 0 amide bonds. The van der Waals surface area contributed by atoms with Gasteiger partial charge >= 0.3 is 6.61 Å². The molecule has 0 N–H and O–H groups in total. The number of nitrogens with zero attached hydrogens (tertiary/aromatic N) is 4. The van der Waals surface area contributed by atoms with Crippen LogP contribution >= 0.6 is 11.8 Å². The number of thioether (sulfide) groups is 1. The minimum Gasteiger partial charge on any atom is -0.435 e. The van der Waals surface area contributed by atoms with Gasteiger partial charge in [0, 0.05) is 24.4 Å². The van der Waals surface area contributed by atoms with Crippen LogP contribution in [0.25, 0.3) is 5.69 Å². The van der Waals surface area contributed by atoms with Gasteiger partial charge in [-0.15, -0.1) is 10.2 Å². The Hall–Kier alpha value is -2.65. The largest absolute Gasteiger partial charge is 0.435 e. The van der Waals surface area contributed by atoms with Gasteiger partial charge in [0.1, 0.15) is 5.75 Å². The maximum Gasteiger partial charge on any atom is 0.387 e. The summed E-state index contributed by atoms with van der Waals surface area (Å²) in [6, 6.07) is 14.9. The zero-order valence-electron chi connectivity index (χ0n) is 16.5. The Morgan fingerprint density at radius 1 is 1.07 bits per heavy atom. The van der Waals surface area contributed by atoms with Crippen LogP contribution in [0, 0.1) is 6.92 Å². The maximum atomic E-state index is 12.7. The Bertz CT molecular complexity index is 975. The standard InChI is InChI=1S/C21H22F2N4O2S/c1-15-6-8-17(9-7-15)27-20(26-10-12-28-13-11-26)24-25-21(27)30-14-16-4-2-3-5-18(16)29-19(22)23/h2-9,19H,10-14H2,1H3. The summed E-state index contributed by atoms with van der Waals surface area (Å²) in [5, 5.41) is 9.52. The van der Waals surface area contributed by atoms with Crippen molar-refractivity contribution in [1.82, 2.24) is 14.8 Å². The van der Waals surface area contributed by atoms with Crippen molar-refractivity contribution in [2.24, 2.45) is 0 Å². The van der Waals surface area contributed by atoms with Crippen LogP contribution in [0.4, 0.5) is 14.7 Å². The van der Waals surface area contributed by atoms with E-state index in [0.717, 1.165) is 30.3 Å². The Morgan fingerprint density at radius 3 is 2.53 bits per heavy atom. The number of aryl methyl sites for hydroxylation is 1. The Kier molecular flexibility index (Phi) is 6.49. The molecule has 0 unspecified atom stereocenters. The molecule has 3 aromatic rings. The van der Waals surface area contributed by atoms with Crippen LogP contribution in [0.5, 0.6) is 5.75 Å². The summed E-state index contributed by atoms with van der Waals surface area (Å²) in [6.45, 7) is 1.93. The number of halogens is 2. The lowest BCUT2D eigenvalue weighted by molar-refractivity contribution is -0.0503. The molecule has 9 heteroatoms. The molecule has 2 aromatic carbocycles. The summed E-state index contributed by atoms with van der Waals surface area (Å²) in [6.07, 6.45) is 0. The van der Waals surface area contributed by atoms with Crippen LogP contribution in [-0.2, 0) is 10.5 Å². The molecule has 0 atom stereocenters. The van der Waals surface area contributed by atoms with Crippen molar-refractivity contribution < 1.29 is 18.3 Å². The summed E-state index contributed by atoms with van der Waals surface area (Å²) in [5.41, 5.74) is 2.79. The third-order valence-corrected chi connectivity index (χ3v) is 5.73. The number of anilines is 1. The second-order valence-electron chi connectivity index (χ2n) is 6.83. The average Bonchev–Trinajstić information content (AvgIpc) is 3.18. The molecule has 1 fully saturated rings. The molecule has 2 heterocycles. The molecule has 0 saturated carbocycles. The molecule has 0 aliphatic carbocycles. The van der Waals surface area contributed by atoms with E-state index in [2.05, 4.69) is 19.8 Å². The summed E-state index contributed by atoms with van der Waals surface area (Å²) in [5.74, 6) is 1.35. The Balaban J connectivity index is 1.63. The van der Waals surface area contributed by atoms with E-state index < -0.39 is 6.61 Å². The first-order valence-electron chi connectivity index (χ1n) is 9.62. The van der Waals surface area contributed by atoms with Crippen molar-refractivity contribution in [3.63, 3.8) is 0 Å². The Morgan fingerprint density at radius 2 is 1.80 bits per heavy atom. The highest BCUT2D eigenvalue weighted by molar-refractivity contribution is 7.98. The Labute approximate surface area is 177 Å². The maximum absolute atomic E-state index is 12.7. The molecule has 1 saturated heterocycles. The van der Waals surface area contributed by atoms with Gasteiger partial charge in [-0.3, -0.25) is 4.57 Å². The minimum atomic E-state index is -2.86. The van der Waals surface area contributed by atoms with Gasteiger partial charge in [-0.2, -0.15) is 8.78 Å². The molecule has 0 bridgehead atoms. The number of morpholine rings is 1. The number of benzene rings is 2. The molecular weight excluding hydrogens is 410 g/mol. The van der Waals surface area contributed by atoms with Crippen molar-refractivity contribution in [2.75, 3.05) is 31.2 Å². The smallest absolute Gasteiger partial charge is 0.387 e. The van der Waals surface area contributed by atoms with E-state index in [1.54, 1.807) is 24.3 Å². The number of alkyl halides is 2. The van der Waals surface area contributed by atoms with Gasteiger partial charge in [0.2, 0.25) is 5.95 Å². The van der Waals surface area contributed by atoms with Gasteiger partial charge in [0.05, 0.1) is 18.9 Å². The van der Waals surface area contributed by atoms with Crippen molar-refractivity contribution in [2.45, 2.75) is 24.4 Å². The van der Waals surface area contributed by atoms with E-state index >= 15 is 0 Å². The van der Waals surface area contributed by atoms with Crippen LogP contribution in [0.1, 0.15) is 11.1 Å². The number of hydrogen-bond acceptors (Lipinski definition) is 6. The predicted molar refractivity (Wildman–Crippen MR) is 112 cm³/mol. The molecular formula is C21H22F2N4O2S. The first kappa shape index (κ1) is 20.6. The van der Waals surface area contributed by atoms with Crippen molar-refractivity contribution >= 4 is 17.7 Å².